The molecule has 6 heteroatoms. The number of hydrogen-bond acceptors (Lipinski definition) is 3. The summed E-state index contributed by atoms with van der Waals surface area (Å²) in [6, 6.07) is 5.31. The van der Waals surface area contributed by atoms with Gasteiger partial charge in [0.05, 0.1) is 4.90 Å². The minimum absolute atomic E-state index is 0.271. The fourth-order valence-corrected chi connectivity index (χ4v) is 1.50. The molecule has 0 unspecified atom stereocenters. The number of carbonyl (C=O) groups excluding carboxylic acids is 1. The molecule has 16 heavy (non-hydrogen) atoms. The highest BCUT2D eigenvalue weighted by Gasteiger charge is 2.10. The zero-order valence-electron chi connectivity index (χ0n) is 8.60. The Bertz CT molecular complexity index is 534. The van der Waals surface area contributed by atoms with Gasteiger partial charge in [-0.15, -0.1) is 0 Å². The van der Waals surface area contributed by atoms with E-state index < -0.39 is 16.0 Å². The van der Waals surface area contributed by atoms with Gasteiger partial charge in [-0.1, -0.05) is 12.6 Å². The Balaban J connectivity index is 3.01. The van der Waals surface area contributed by atoms with E-state index in [0.717, 1.165) is 6.07 Å². The van der Waals surface area contributed by atoms with Gasteiger partial charge in [-0.05, 0) is 25.1 Å². The summed E-state index contributed by atoms with van der Waals surface area (Å²) in [6.07, 6.45) is 0. The maximum Gasteiger partial charge on any atom is 0.294 e. The quantitative estimate of drug-likeness (QED) is 0.619. The van der Waals surface area contributed by atoms with Crippen LogP contribution in [0.3, 0.4) is 0 Å². The van der Waals surface area contributed by atoms with Crippen molar-refractivity contribution >= 4 is 21.7 Å². The highest BCUT2D eigenvalue weighted by molar-refractivity contribution is 7.85. The van der Waals surface area contributed by atoms with E-state index in [1.807, 2.05) is 0 Å². The topological polar surface area (TPSA) is 83.5 Å². The first kappa shape index (κ1) is 12.4. The number of nitrogens with one attached hydrogen (secondary N) is 1. The van der Waals surface area contributed by atoms with Gasteiger partial charge < -0.3 is 5.32 Å². The average molecular weight is 241 g/mol. The molecule has 0 spiro atoms. The van der Waals surface area contributed by atoms with Crippen molar-refractivity contribution in [2.24, 2.45) is 0 Å². The van der Waals surface area contributed by atoms with E-state index in [4.69, 9.17) is 4.55 Å². The second-order valence-corrected chi connectivity index (χ2v) is 4.66. The van der Waals surface area contributed by atoms with Gasteiger partial charge in [-0.2, -0.15) is 8.42 Å². The van der Waals surface area contributed by atoms with E-state index in [1.54, 1.807) is 0 Å². The number of hydrogen-bond donors (Lipinski definition) is 2. The third-order valence-electron chi connectivity index (χ3n) is 1.78. The monoisotopic (exact) mass is 241 g/mol. The summed E-state index contributed by atoms with van der Waals surface area (Å²) in [7, 11) is -4.26. The molecular formula is C10H11NO4S. The molecule has 1 aromatic rings. The van der Waals surface area contributed by atoms with Gasteiger partial charge in [0.15, 0.2) is 0 Å². The van der Waals surface area contributed by atoms with Crippen LogP contribution in [-0.4, -0.2) is 18.9 Å². The third-order valence-corrected chi connectivity index (χ3v) is 2.63. The molecule has 0 aromatic heterocycles. The predicted molar refractivity (Wildman–Crippen MR) is 59.7 cm³/mol. The van der Waals surface area contributed by atoms with E-state index in [-0.39, 0.29) is 10.6 Å². The van der Waals surface area contributed by atoms with Crippen molar-refractivity contribution in [3.63, 3.8) is 0 Å². The molecule has 0 saturated carbocycles. The molecule has 0 aliphatic carbocycles. The van der Waals surface area contributed by atoms with Crippen molar-refractivity contribution < 1.29 is 17.8 Å². The summed E-state index contributed by atoms with van der Waals surface area (Å²) in [6.45, 7) is 4.97. The van der Waals surface area contributed by atoms with Crippen LogP contribution >= 0.6 is 0 Å². The summed E-state index contributed by atoms with van der Waals surface area (Å²) in [5, 5.41) is 2.44. The first-order valence-electron chi connectivity index (χ1n) is 4.35. The first-order chi connectivity index (χ1) is 7.30. The SMILES string of the molecule is C=C(C)C(=O)Nc1cccc(S(=O)(=O)O)c1. The lowest BCUT2D eigenvalue weighted by Gasteiger charge is -2.05. The van der Waals surface area contributed by atoms with Gasteiger partial charge in [0.2, 0.25) is 0 Å². The summed E-state index contributed by atoms with van der Waals surface area (Å²) in [5.41, 5.74) is 0.584. The molecule has 0 aliphatic heterocycles. The zero-order valence-corrected chi connectivity index (χ0v) is 9.41. The van der Waals surface area contributed by atoms with Crippen LogP contribution in [0.25, 0.3) is 0 Å². The minimum Gasteiger partial charge on any atom is -0.322 e. The molecule has 0 bridgehead atoms. The third kappa shape index (κ3) is 3.18. The highest BCUT2D eigenvalue weighted by Crippen LogP contribution is 2.15. The maximum atomic E-state index is 11.3. The maximum absolute atomic E-state index is 11.3. The van der Waals surface area contributed by atoms with Crippen molar-refractivity contribution in [3.8, 4) is 0 Å². The van der Waals surface area contributed by atoms with Gasteiger partial charge in [-0.3, -0.25) is 9.35 Å². The summed E-state index contributed by atoms with van der Waals surface area (Å²) < 4.78 is 30.5. The largest absolute Gasteiger partial charge is 0.322 e. The fourth-order valence-electron chi connectivity index (χ4n) is 0.972. The number of rotatable bonds is 3. The van der Waals surface area contributed by atoms with Crippen molar-refractivity contribution in [1.29, 1.82) is 0 Å². The first-order valence-corrected chi connectivity index (χ1v) is 5.79. The van der Waals surface area contributed by atoms with Crippen LogP contribution in [-0.2, 0) is 14.9 Å². The Morgan fingerprint density at radius 2 is 2.06 bits per heavy atom. The van der Waals surface area contributed by atoms with Crippen LogP contribution in [0.2, 0.25) is 0 Å². The minimum atomic E-state index is -4.26. The molecule has 0 saturated heterocycles. The second kappa shape index (κ2) is 4.46. The van der Waals surface area contributed by atoms with Crippen LogP contribution in [0, 0.1) is 0 Å². The molecular weight excluding hydrogens is 230 g/mol. The fraction of sp³-hybridized carbons (Fsp3) is 0.100. The predicted octanol–water partition coefficient (Wildman–Crippen LogP) is 1.45. The zero-order chi connectivity index (χ0) is 12.3. The number of anilines is 1. The van der Waals surface area contributed by atoms with Crippen molar-refractivity contribution in [2.75, 3.05) is 5.32 Å². The molecule has 0 aliphatic rings. The molecule has 0 heterocycles. The van der Waals surface area contributed by atoms with Crippen LogP contribution in [0.15, 0.2) is 41.3 Å². The Kier molecular flexibility index (Phi) is 3.46. The normalized spacial score (nSPS) is 10.9. The summed E-state index contributed by atoms with van der Waals surface area (Å²) in [4.78, 5) is 11.0. The van der Waals surface area contributed by atoms with Crippen LogP contribution < -0.4 is 5.32 Å². The Morgan fingerprint density at radius 1 is 1.44 bits per heavy atom. The number of carbonyl (C=O) groups is 1. The van der Waals surface area contributed by atoms with Gasteiger partial charge in [-0.25, -0.2) is 0 Å². The molecule has 2 N–H and O–H groups in total. The number of benzene rings is 1. The molecule has 0 atom stereocenters. The van der Waals surface area contributed by atoms with Crippen molar-refractivity contribution in [3.05, 3.63) is 36.4 Å². The second-order valence-electron chi connectivity index (χ2n) is 3.24. The molecule has 86 valence electrons. The standard InChI is InChI=1S/C10H11NO4S/c1-7(2)10(12)11-8-4-3-5-9(6-8)16(13,14)15/h3-6H,1H2,2H3,(H,11,12)(H,13,14,15). The van der Waals surface area contributed by atoms with E-state index in [1.165, 1.54) is 25.1 Å². The molecule has 5 nitrogen and oxygen atoms in total. The van der Waals surface area contributed by atoms with Gasteiger partial charge in [0, 0.05) is 11.3 Å². The lowest BCUT2D eigenvalue weighted by Crippen LogP contribution is -2.12. The Morgan fingerprint density at radius 3 is 2.56 bits per heavy atom. The van der Waals surface area contributed by atoms with Crippen LogP contribution in [0.4, 0.5) is 5.69 Å². The van der Waals surface area contributed by atoms with Crippen molar-refractivity contribution in [1.82, 2.24) is 0 Å². The van der Waals surface area contributed by atoms with Crippen LogP contribution in [0.5, 0.6) is 0 Å². The van der Waals surface area contributed by atoms with Gasteiger partial charge >= 0.3 is 0 Å². The number of amides is 1. The molecule has 1 rings (SSSR count). The van der Waals surface area contributed by atoms with E-state index in [0.29, 0.717) is 5.57 Å². The molecule has 1 aromatic carbocycles. The summed E-state index contributed by atoms with van der Waals surface area (Å²) >= 11 is 0. The molecule has 0 radical (unpaired) electrons. The van der Waals surface area contributed by atoms with E-state index in [9.17, 15) is 13.2 Å². The summed E-state index contributed by atoms with van der Waals surface area (Å²) in [5.74, 6) is -0.410. The van der Waals surface area contributed by atoms with E-state index in [2.05, 4.69) is 11.9 Å². The highest BCUT2D eigenvalue weighted by atomic mass is 32.2. The van der Waals surface area contributed by atoms with Gasteiger partial charge in [0.1, 0.15) is 0 Å². The smallest absolute Gasteiger partial charge is 0.294 e. The lowest BCUT2D eigenvalue weighted by molar-refractivity contribution is -0.112. The molecule has 0 fully saturated rings. The lowest BCUT2D eigenvalue weighted by atomic mass is 10.3. The van der Waals surface area contributed by atoms with Crippen molar-refractivity contribution in [2.45, 2.75) is 11.8 Å². The average Bonchev–Trinajstić information content (AvgIpc) is 2.16. The Hall–Kier alpha value is -1.66. The van der Waals surface area contributed by atoms with E-state index >= 15 is 0 Å². The van der Waals surface area contributed by atoms with Crippen LogP contribution in [0.1, 0.15) is 6.92 Å². The molecule has 1 amide bonds. The Labute approximate surface area is 93.5 Å². The van der Waals surface area contributed by atoms with Gasteiger partial charge in [0.25, 0.3) is 16.0 Å².